The van der Waals surface area contributed by atoms with Gasteiger partial charge in [0.1, 0.15) is 11.6 Å². The van der Waals surface area contributed by atoms with Crippen molar-refractivity contribution in [3.63, 3.8) is 0 Å². The Morgan fingerprint density at radius 3 is 2.70 bits per heavy atom. The van der Waals surface area contributed by atoms with Crippen LogP contribution in [-0.4, -0.2) is 0 Å². The molecule has 0 bridgehead atoms. The fourth-order valence-electron chi connectivity index (χ4n) is 0.665. The highest BCUT2D eigenvalue weighted by Gasteiger charge is 1.97. The van der Waals surface area contributed by atoms with Gasteiger partial charge in [0.2, 0.25) is 0 Å². The minimum atomic E-state index is -0.197. The van der Waals surface area contributed by atoms with Crippen LogP contribution in [0.5, 0.6) is 5.75 Å². The smallest absolute Gasteiger partial charge is 0.192 e. The zero-order chi connectivity index (χ0) is 7.56. The van der Waals surface area contributed by atoms with Crippen LogP contribution in [0.2, 0.25) is 0 Å². The summed E-state index contributed by atoms with van der Waals surface area (Å²) in [6, 6.07) is 4.64. The van der Waals surface area contributed by atoms with Crippen molar-refractivity contribution in [1.82, 2.24) is 0 Å². The maximum absolute atomic E-state index is 12.6. The van der Waals surface area contributed by atoms with E-state index in [9.17, 15) is 4.39 Å². The third-order valence-electron chi connectivity index (χ3n) is 1.22. The summed E-state index contributed by atoms with van der Waals surface area (Å²) in [4.78, 5) is 0. The highest BCUT2D eigenvalue weighted by molar-refractivity contribution is 14.1. The number of halogens is 2. The molecule has 0 aromatic heterocycles. The lowest BCUT2D eigenvalue weighted by molar-refractivity contribution is 0.613. The van der Waals surface area contributed by atoms with Crippen LogP contribution >= 0.6 is 23.0 Å². The van der Waals surface area contributed by atoms with Gasteiger partial charge in [0.15, 0.2) is 23.0 Å². The second kappa shape index (κ2) is 3.18. The van der Waals surface area contributed by atoms with Gasteiger partial charge in [-0.3, -0.25) is 0 Å². The lowest BCUT2D eigenvalue weighted by Gasteiger charge is -1.98. The summed E-state index contributed by atoms with van der Waals surface area (Å²) in [6.07, 6.45) is 0. The Bertz CT molecular complexity index is 237. The molecule has 54 valence electrons. The lowest BCUT2D eigenvalue weighted by atomic mass is 10.2. The van der Waals surface area contributed by atoms with Gasteiger partial charge in [-0.15, -0.1) is 0 Å². The Morgan fingerprint density at radius 2 is 2.20 bits per heavy atom. The molecule has 0 saturated heterocycles. The lowest BCUT2D eigenvalue weighted by Crippen LogP contribution is -1.81. The monoisotopic (exact) mass is 252 g/mol. The van der Waals surface area contributed by atoms with Crippen molar-refractivity contribution in [3.05, 3.63) is 29.6 Å². The Morgan fingerprint density at radius 1 is 1.50 bits per heavy atom. The third-order valence-corrected chi connectivity index (χ3v) is 1.73. The molecule has 0 unspecified atom stereocenters. The van der Waals surface area contributed by atoms with Gasteiger partial charge in [-0.2, -0.15) is 0 Å². The molecule has 0 spiro atoms. The second-order valence-corrected chi connectivity index (χ2v) is 2.43. The van der Waals surface area contributed by atoms with Crippen LogP contribution in [0.25, 0.3) is 0 Å². The van der Waals surface area contributed by atoms with E-state index >= 15 is 0 Å². The SMILES string of the molecule is Cc1cc(OI)ccc1F. The van der Waals surface area contributed by atoms with Crippen molar-refractivity contribution in [2.45, 2.75) is 6.92 Å². The van der Waals surface area contributed by atoms with E-state index in [2.05, 4.69) is 0 Å². The zero-order valence-electron chi connectivity index (χ0n) is 5.40. The highest BCUT2D eigenvalue weighted by Crippen LogP contribution is 2.17. The van der Waals surface area contributed by atoms with Gasteiger partial charge in [-0.05, 0) is 30.7 Å². The van der Waals surface area contributed by atoms with Crippen LogP contribution in [0.15, 0.2) is 18.2 Å². The molecule has 0 aliphatic rings. The van der Waals surface area contributed by atoms with Crippen LogP contribution in [-0.2, 0) is 0 Å². The molecule has 1 nitrogen and oxygen atoms in total. The predicted molar refractivity (Wildman–Crippen MR) is 45.8 cm³/mol. The molecule has 0 atom stereocenters. The molecular formula is C7H6FIO. The minimum absolute atomic E-state index is 0.197. The van der Waals surface area contributed by atoms with E-state index < -0.39 is 0 Å². The molecule has 0 amide bonds. The van der Waals surface area contributed by atoms with E-state index in [0.717, 1.165) is 0 Å². The van der Waals surface area contributed by atoms with Crippen molar-refractivity contribution in [2.24, 2.45) is 0 Å². The van der Waals surface area contributed by atoms with Crippen LogP contribution < -0.4 is 3.07 Å². The van der Waals surface area contributed by atoms with Gasteiger partial charge < -0.3 is 3.07 Å². The quantitative estimate of drug-likeness (QED) is 0.698. The van der Waals surface area contributed by atoms with E-state index in [-0.39, 0.29) is 5.82 Å². The first-order valence-electron chi connectivity index (χ1n) is 2.79. The molecule has 0 radical (unpaired) electrons. The molecule has 3 heteroatoms. The van der Waals surface area contributed by atoms with Gasteiger partial charge >= 0.3 is 0 Å². The van der Waals surface area contributed by atoms with Crippen molar-refractivity contribution in [3.8, 4) is 5.75 Å². The molecular weight excluding hydrogens is 246 g/mol. The minimum Gasteiger partial charge on any atom is -0.428 e. The topological polar surface area (TPSA) is 9.23 Å². The Labute approximate surface area is 72.9 Å². The molecule has 0 fully saturated rings. The summed E-state index contributed by atoms with van der Waals surface area (Å²) >= 11 is 1.76. The summed E-state index contributed by atoms with van der Waals surface area (Å²) in [5.74, 6) is 0.483. The third kappa shape index (κ3) is 1.59. The van der Waals surface area contributed by atoms with E-state index in [4.69, 9.17) is 3.07 Å². The van der Waals surface area contributed by atoms with Crippen LogP contribution in [0.3, 0.4) is 0 Å². The Kier molecular flexibility index (Phi) is 2.48. The fourth-order valence-corrected chi connectivity index (χ4v) is 0.939. The molecule has 0 aliphatic carbocycles. The first-order valence-corrected chi connectivity index (χ1v) is 3.67. The molecule has 1 aromatic carbocycles. The molecule has 10 heavy (non-hydrogen) atoms. The summed E-state index contributed by atoms with van der Waals surface area (Å²) < 4.78 is 17.4. The van der Waals surface area contributed by atoms with E-state index in [1.165, 1.54) is 6.07 Å². The Hall–Kier alpha value is -0.320. The summed E-state index contributed by atoms with van der Waals surface area (Å²) in [5.41, 5.74) is 0.606. The van der Waals surface area contributed by atoms with Gasteiger partial charge in [0.25, 0.3) is 0 Å². The molecule has 0 aliphatic heterocycles. The summed E-state index contributed by atoms with van der Waals surface area (Å²) in [6.45, 7) is 1.70. The molecule has 1 rings (SSSR count). The summed E-state index contributed by atoms with van der Waals surface area (Å²) in [7, 11) is 0. The fraction of sp³-hybridized carbons (Fsp3) is 0.143. The maximum atomic E-state index is 12.6. The van der Waals surface area contributed by atoms with Crippen LogP contribution in [0.4, 0.5) is 4.39 Å². The first-order chi connectivity index (χ1) is 4.74. The molecule has 0 saturated carbocycles. The van der Waals surface area contributed by atoms with E-state index in [1.807, 2.05) is 0 Å². The number of aryl methyl sites for hydroxylation is 1. The van der Waals surface area contributed by atoms with Crippen LogP contribution in [0.1, 0.15) is 5.56 Å². The van der Waals surface area contributed by atoms with E-state index in [0.29, 0.717) is 11.3 Å². The number of benzene rings is 1. The standard InChI is InChI=1S/C7H6FIO/c1-5-4-6(10-9)2-3-7(5)8/h2-4H,1H3. The van der Waals surface area contributed by atoms with Crippen molar-refractivity contribution in [1.29, 1.82) is 0 Å². The normalized spacial score (nSPS) is 9.50. The molecule has 0 heterocycles. The largest absolute Gasteiger partial charge is 0.428 e. The second-order valence-electron chi connectivity index (χ2n) is 1.99. The number of hydrogen-bond donors (Lipinski definition) is 0. The van der Waals surface area contributed by atoms with Gasteiger partial charge in [-0.25, -0.2) is 4.39 Å². The van der Waals surface area contributed by atoms with Gasteiger partial charge in [0.05, 0.1) is 0 Å². The maximum Gasteiger partial charge on any atom is 0.192 e. The van der Waals surface area contributed by atoms with E-state index in [1.54, 1.807) is 42.1 Å². The molecule has 0 N–H and O–H groups in total. The number of hydrogen-bond acceptors (Lipinski definition) is 1. The van der Waals surface area contributed by atoms with Gasteiger partial charge in [-0.1, -0.05) is 0 Å². The first kappa shape index (κ1) is 7.78. The van der Waals surface area contributed by atoms with Crippen LogP contribution in [0, 0.1) is 12.7 Å². The van der Waals surface area contributed by atoms with Crippen molar-refractivity contribution < 1.29 is 7.46 Å². The van der Waals surface area contributed by atoms with Gasteiger partial charge in [0, 0.05) is 0 Å². The van der Waals surface area contributed by atoms with Crippen molar-refractivity contribution in [2.75, 3.05) is 0 Å². The average molecular weight is 252 g/mol. The average Bonchev–Trinajstić information content (AvgIpc) is 1.95. The molecule has 1 aromatic rings. The predicted octanol–water partition coefficient (Wildman–Crippen LogP) is 2.86. The zero-order valence-corrected chi connectivity index (χ0v) is 7.55. The highest BCUT2D eigenvalue weighted by atomic mass is 127. The van der Waals surface area contributed by atoms with Crippen molar-refractivity contribution >= 4 is 23.0 Å². The Balaban J connectivity index is 3.04. The summed E-state index contributed by atoms with van der Waals surface area (Å²) in [5, 5.41) is 0. The number of rotatable bonds is 1.